The number of benzene rings is 2. The molecule has 0 saturated carbocycles. The van der Waals surface area contributed by atoms with Crippen molar-refractivity contribution in [1.82, 2.24) is 4.90 Å². The molecule has 0 bridgehead atoms. The first-order chi connectivity index (χ1) is 16.4. The molecule has 0 aliphatic carbocycles. The fraction of sp³-hybridized carbons (Fsp3) is 0.400. The number of fused-ring (bicyclic) bond motifs is 4. The zero-order valence-electron chi connectivity index (χ0n) is 18.8. The van der Waals surface area contributed by atoms with Gasteiger partial charge in [0.25, 0.3) is 11.9 Å². The summed E-state index contributed by atoms with van der Waals surface area (Å²) in [5.74, 6) is 0.221. The Morgan fingerprint density at radius 1 is 1.35 bits per heavy atom. The third kappa shape index (κ3) is 3.17. The van der Waals surface area contributed by atoms with Crippen molar-refractivity contribution in [3.05, 3.63) is 74.8 Å². The van der Waals surface area contributed by atoms with Crippen LogP contribution in [0.15, 0.2) is 53.5 Å². The molecule has 2 aromatic carbocycles. The van der Waals surface area contributed by atoms with Gasteiger partial charge in [0.1, 0.15) is 6.61 Å². The van der Waals surface area contributed by atoms with Crippen molar-refractivity contribution in [3.63, 3.8) is 0 Å². The molecule has 4 atom stereocenters. The van der Waals surface area contributed by atoms with Crippen LogP contribution in [0.4, 0.5) is 5.69 Å². The lowest BCUT2D eigenvalue weighted by molar-refractivity contribution is -0.534. The van der Waals surface area contributed by atoms with Crippen LogP contribution in [0.25, 0.3) is 0 Å². The highest BCUT2D eigenvalue weighted by Gasteiger charge is 2.73. The molecule has 1 N–H and O–H groups in total. The van der Waals surface area contributed by atoms with Crippen LogP contribution in [-0.4, -0.2) is 47.6 Å². The second kappa shape index (κ2) is 8.70. The molecule has 9 heteroatoms. The summed E-state index contributed by atoms with van der Waals surface area (Å²) in [6.45, 7) is 6.92. The van der Waals surface area contributed by atoms with Gasteiger partial charge in [-0.15, -0.1) is 0 Å². The smallest absolute Gasteiger partial charge is 0.256 e. The summed E-state index contributed by atoms with van der Waals surface area (Å²) in [5.41, 5.74) is 0.748. The predicted molar refractivity (Wildman–Crippen MR) is 131 cm³/mol. The number of hydrogen-bond acceptors (Lipinski definition) is 6. The highest BCUT2D eigenvalue weighted by atomic mass is 79.9. The summed E-state index contributed by atoms with van der Waals surface area (Å²) >= 11 is 3.59. The lowest BCUT2D eigenvalue weighted by atomic mass is 9.77. The van der Waals surface area contributed by atoms with E-state index in [0.29, 0.717) is 47.0 Å². The van der Waals surface area contributed by atoms with Crippen LogP contribution in [0, 0.1) is 10.1 Å². The van der Waals surface area contributed by atoms with Crippen molar-refractivity contribution in [1.29, 1.82) is 0 Å². The Labute approximate surface area is 206 Å². The van der Waals surface area contributed by atoms with Crippen molar-refractivity contribution in [2.24, 2.45) is 0 Å². The number of ether oxygens (including phenoxy) is 2. The number of nitrogens with zero attached hydrogens (tertiary/aromatic N) is 2. The molecule has 5 rings (SSSR count). The molecule has 178 valence electrons. The highest BCUT2D eigenvalue weighted by molar-refractivity contribution is 9.10. The number of nitro groups is 1. The van der Waals surface area contributed by atoms with Gasteiger partial charge in [-0.1, -0.05) is 30.9 Å². The SMILES string of the molecule is C=CCOc1c(Br)cc([C@@H]2[C@@H]3CCCN3[C@]3(C(=O)Nc4ccccc43)[C@@H]2[N+](=O)[O-])cc1OCC. The van der Waals surface area contributed by atoms with Gasteiger partial charge in [0.2, 0.25) is 0 Å². The number of halogens is 1. The summed E-state index contributed by atoms with van der Waals surface area (Å²) in [6, 6.07) is 9.74. The van der Waals surface area contributed by atoms with E-state index in [1.807, 2.05) is 43.3 Å². The van der Waals surface area contributed by atoms with E-state index in [0.717, 1.165) is 18.4 Å². The van der Waals surface area contributed by atoms with E-state index in [4.69, 9.17) is 9.47 Å². The highest BCUT2D eigenvalue weighted by Crippen LogP contribution is 2.58. The maximum Gasteiger partial charge on any atom is 0.256 e. The number of para-hydroxylation sites is 1. The van der Waals surface area contributed by atoms with Crippen molar-refractivity contribution in [3.8, 4) is 11.5 Å². The largest absolute Gasteiger partial charge is 0.490 e. The van der Waals surface area contributed by atoms with Crippen LogP contribution in [0.1, 0.15) is 36.8 Å². The van der Waals surface area contributed by atoms with Crippen LogP contribution < -0.4 is 14.8 Å². The minimum absolute atomic E-state index is 0.145. The fourth-order valence-electron chi connectivity index (χ4n) is 6.10. The Morgan fingerprint density at radius 3 is 2.88 bits per heavy atom. The van der Waals surface area contributed by atoms with Gasteiger partial charge in [-0.05, 0) is 59.5 Å². The van der Waals surface area contributed by atoms with E-state index < -0.39 is 17.5 Å². The molecule has 34 heavy (non-hydrogen) atoms. The van der Waals surface area contributed by atoms with Crippen LogP contribution in [-0.2, 0) is 10.3 Å². The number of anilines is 1. The molecule has 2 aromatic rings. The lowest BCUT2D eigenvalue weighted by Crippen LogP contribution is -2.55. The minimum Gasteiger partial charge on any atom is -0.490 e. The number of carbonyl (C=O) groups excluding carboxylic acids is 1. The first-order valence-electron chi connectivity index (χ1n) is 11.5. The van der Waals surface area contributed by atoms with Gasteiger partial charge >= 0.3 is 0 Å². The molecule has 0 unspecified atom stereocenters. The number of carbonyl (C=O) groups is 1. The molecule has 0 aromatic heterocycles. The maximum absolute atomic E-state index is 13.6. The van der Waals surface area contributed by atoms with Crippen LogP contribution in [0.5, 0.6) is 11.5 Å². The topological polar surface area (TPSA) is 93.9 Å². The molecular formula is C25H26BrN3O5. The van der Waals surface area contributed by atoms with Crippen LogP contribution in [0.2, 0.25) is 0 Å². The van der Waals surface area contributed by atoms with Gasteiger partial charge in [0.05, 0.1) is 17.0 Å². The van der Waals surface area contributed by atoms with E-state index in [1.54, 1.807) is 6.08 Å². The van der Waals surface area contributed by atoms with Gasteiger partial charge in [-0.3, -0.25) is 19.8 Å². The van der Waals surface area contributed by atoms with Crippen LogP contribution >= 0.6 is 15.9 Å². The molecule has 3 aliphatic heterocycles. The quantitative estimate of drug-likeness (QED) is 0.324. The van der Waals surface area contributed by atoms with E-state index in [9.17, 15) is 14.9 Å². The first-order valence-corrected chi connectivity index (χ1v) is 12.3. The molecule has 1 spiro atoms. The Balaban J connectivity index is 1.69. The van der Waals surface area contributed by atoms with Gasteiger partial charge in [0.15, 0.2) is 17.0 Å². The van der Waals surface area contributed by atoms with Gasteiger partial charge in [-0.2, -0.15) is 0 Å². The summed E-state index contributed by atoms with van der Waals surface area (Å²) in [4.78, 5) is 28.1. The van der Waals surface area contributed by atoms with Crippen molar-refractivity contribution in [2.75, 3.05) is 25.1 Å². The Hall–Kier alpha value is -2.91. The monoisotopic (exact) mass is 527 g/mol. The predicted octanol–water partition coefficient (Wildman–Crippen LogP) is 4.47. The number of amides is 1. The normalized spacial score (nSPS) is 27.4. The first kappa shape index (κ1) is 22.9. The molecular weight excluding hydrogens is 502 g/mol. The Kier molecular flexibility index (Phi) is 5.85. The number of hydrogen-bond donors (Lipinski definition) is 1. The van der Waals surface area contributed by atoms with Crippen molar-refractivity contribution >= 4 is 27.5 Å². The molecule has 0 radical (unpaired) electrons. The van der Waals surface area contributed by atoms with Gasteiger partial charge in [-0.25, -0.2) is 0 Å². The number of nitrogens with one attached hydrogen (secondary N) is 1. The molecule has 3 heterocycles. The Bertz CT molecular complexity index is 1170. The second-order valence-corrected chi connectivity index (χ2v) is 9.64. The van der Waals surface area contributed by atoms with Crippen LogP contribution in [0.3, 0.4) is 0 Å². The van der Waals surface area contributed by atoms with Crippen molar-refractivity contribution in [2.45, 2.75) is 43.3 Å². The fourth-order valence-corrected chi connectivity index (χ4v) is 6.68. The van der Waals surface area contributed by atoms with E-state index in [2.05, 4.69) is 32.7 Å². The summed E-state index contributed by atoms with van der Waals surface area (Å²) < 4.78 is 12.3. The molecule has 2 fully saturated rings. The maximum atomic E-state index is 13.6. The Morgan fingerprint density at radius 2 is 2.15 bits per heavy atom. The lowest BCUT2D eigenvalue weighted by Gasteiger charge is -2.32. The summed E-state index contributed by atoms with van der Waals surface area (Å²) in [6.07, 6.45) is 3.30. The van der Waals surface area contributed by atoms with E-state index in [1.165, 1.54) is 0 Å². The average Bonchev–Trinajstić information content (AvgIpc) is 3.46. The second-order valence-electron chi connectivity index (χ2n) is 8.79. The zero-order chi connectivity index (χ0) is 24.0. The van der Waals surface area contributed by atoms with Gasteiger partial charge in [0, 0.05) is 28.8 Å². The third-order valence-electron chi connectivity index (χ3n) is 7.16. The summed E-state index contributed by atoms with van der Waals surface area (Å²) in [5, 5.41) is 15.7. The zero-order valence-corrected chi connectivity index (χ0v) is 20.4. The molecule has 1 amide bonds. The average molecular weight is 528 g/mol. The minimum atomic E-state index is -1.35. The standard InChI is InChI=1S/C25H26BrN3O5/c1-3-12-34-22-17(26)13-15(14-20(22)33-4-2)21-19-10-7-11-28(19)25(23(21)29(31)32)16-8-5-6-9-18(16)27-24(25)30/h3,5-6,8-9,13-14,19,21,23H,1,4,7,10-12H2,2H3,(H,27,30)/t19-,21+,23+,25-/m0/s1. The number of rotatable bonds is 7. The van der Waals surface area contributed by atoms with Crippen molar-refractivity contribution < 1.29 is 19.2 Å². The summed E-state index contributed by atoms with van der Waals surface area (Å²) in [7, 11) is 0. The van der Waals surface area contributed by atoms with Gasteiger partial charge < -0.3 is 14.8 Å². The molecule has 8 nitrogen and oxygen atoms in total. The van der Waals surface area contributed by atoms with E-state index in [-0.39, 0.29) is 16.9 Å². The molecule has 2 saturated heterocycles. The molecule has 3 aliphatic rings. The third-order valence-corrected chi connectivity index (χ3v) is 7.75. The van der Waals surface area contributed by atoms with E-state index >= 15 is 0 Å².